The van der Waals surface area contributed by atoms with Gasteiger partial charge in [0.05, 0.1) is 17.1 Å². The van der Waals surface area contributed by atoms with Crippen LogP contribution in [0.4, 0.5) is 5.69 Å². The van der Waals surface area contributed by atoms with Gasteiger partial charge in [-0.3, -0.25) is 10.1 Å². The van der Waals surface area contributed by atoms with Crippen LogP contribution in [0, 0.1) is 10.1 Å². The molecule has 7 nitrogen and oxygen atoms in total. The van der Waals surface area contributed by atoms with E-state index in [0.29, 0.717) is 11.5 Å². The smallest absolute Gasteiger partial charge is 0.345 e. The molecule has 2 fully saturated rings. The molecular weight excluding hydrogens is 398 g/mol. The van der Waals surface area contributed by atoms with E-state index in [1.165, 1.54) is 12.1 Å². The number of hydrogen-bond acceptors (Lipinski definition) is 6. The number of nitro groups is 1. The van der Waals surface area contributed by atoms with Crippen molar-refractivity contribution in [3.63, 3.8) is 0 Å². The Hall–Kier alpha value is -3.09. The summed E-state index contributed by atoms with van der Waals surface area (Å²) in [6.07, 6.45) is 7.33. The number of benzene rings is 2. The van der Waals surface area contributed by atoms with Gasteiger partial charge in [-0.25, -0.2) is 4.79 Å². The normalized spacial score (nSPS) is 16.9. The molecule has 0 aromatic heterocycles. The van der Waals surface area contributed by atoms with E-state index in [0.717, 1.165) is 56.9 Å². The maximum Gasteiger partial charge on any atom is 0.345 e. The Morgan fingerprint density at radius 2 is 1.58 bits per heavy atom. The predicted molar refractivity (Wildman–Crippen MR) is 114 cm³/mol. The minimum atomic E-state index is -0.685. The van der Waals surface area contributed by atoms with Crippen molar-refractivity contribution >= 4 is 11.7 Å². The molecule has 2 aromatic rings. The van der Waals surface area contributed by atoms with Gasteiger partial charge in [0.15, 0.2) is 11.5 Å². The number of carbonyl (C=O) groups is 1. The van der Waals surface area contributed by atoms with Crippen LogP contribution in [0.25, 0.3) is 0 Å². The molecule has 2 saturated carbocycles. The third-order valence-electron chi connectivity index (χ3n) is 5.89. The lowest BCUT2D eigenvalue weighted by Gasteiger charge is -2.18. The van der Waals surface area contributed by atoms with Crippen molar-refractivity contribution in [2.75, 3.05) is 0 Å². The summed E-state index contributed by atoms with van der Waals surface area (Å²) in [5.41, 5.74) is 0.532. The maximum absolute atomic E-state index is 12.8. The van der Waals surface area contributed by atoms with Crippen molar-refractivity contribution < 1.29 is 23.9 Å². The molecule has 0 unspecified atom stereocenters. The molecule has 4 rings (SSSR count). The Bertz CT molecular complexity index is 917. The lowest BCUT2D eigenvalue weighted by atomic mass is 10.1. The van der Waals surface area contributed by atoms with Crippen LogP contribution >= 0.6 is 0 Å². The Labute approximate surface area is 181 Å². The zero-order valence-corrected chi connectivity index (χ0v) is 17.5. The molecule has 2 aliphatic rings. The maximum atomic E-state index is 12.8. The van der Waals surface area contributed by atoms with Gasteiger partial charge < -0.3 is 14.2 Å². The minimum Gasteiger partial charge on any atom is -0.486 e. The first kappa shape index (κ1) is 21.2. The summed E-state index contributed by atoms with van der Waals surface area (Å²) in [5, 5.41) is 11.7. The summed E-state index contributed by atoms with van der Waals surface area (Å²) >= 11 is 0. The van der Waals surface area contributed by atoms with Crippen LogP contribution in [-0.2, 0) is 11.3 Å². The van der Waals surface area contributed by atoms with Crippen LogP contribution in [0.5, 0.6) is 11.5 Å². The molecule has 0 heterocycles. The molecule has 0 atom stereocenters. The van der Waals surface area contributed by atoms with E-state index in [-0.39, 0.29) is 30.1 Å². The molecule has 2 aliphatic carbocycles. The summed E-state index contributed by atoms with van der Waals surface area (Å²) in [4.78, 5) is 24.0. The Morgan fingerprint density at radius 3 is 2.23 bits per heavy atom. The number of nitro benzene ring substituents is 1. The largest absolute Gasteiger partial charge is 0.486 e. The highest BCUT2D eigenvalue weighted by molar-refractivity contribution is 5.95. The van der Waals surface area contributed by atoms with Gasteiger partial charge in [0.1, 0.15) is 18.3 Å². The fourth-order valence-corrected chi connectivity index (χ4v) is 4.21. The summed E-state index contributed by atoms with van der Waals surface area (Å²) in [6, 6.07) is 12.3. The SMILES string of the molecule is O=C(OC1CCCC1)c1cc(OCc2ccccc2)c(OC2CCCC2)cc1[N+](=O)[O-]. The highest BCUT2D eigenvalue weighted by atomic mass is 16.6. The summed E-state index contributed by atoms with van der Waals surface area (Å²) in [5.74, 6) is -0.0674. The zero-order chi connectivity index (χ0) is 21.6. The van der Waals surface area contributed by atoms with Gasteiger partial charge in [0.2, 0.25) is 0 Å². The Morgan fingerprint density at radius 1 is 0.935 bits per heavy atom. The lowest BCUT2D eigenvalue weighted by molar-refractivity contribution is -0.385. The summed E-state index contributed by atoms with van der Waals surface area (Å²) in [7, 11) is 0. The summed E-state index contributed by atoms with van der Waals surface area (Å²) in [6.45, 7) is 0.261. The zero-order valence-electron chi connectivity index (χ0n) is 17.5. The second kappa shape index (κ2) is 9.81. The second-order valence-corrected chi connectivity index (χ2v) is 8.18. The molecule has 0 aliphatic heterocycles. The first-order valence-electron chi connectivity index (χ1n) is 11.0. The molecular formula is C24H27NO6. The van der Waals surface area contributed by atoms with Gasteiger partial charge >= 0.3 is 5.97 Å². The van der Waals surface area contributed by atoms with Crippen molar-refractivity contribution in [3.05, 3.63) is 63.7 Å². The molecule has 31 heavy (non-hydrogen) atoms. The Balaban J connectivity index is 1.63. The van der Waals surface area contributed by atoms with Gasteiger partial charge in [-0.2, -0.15) is 0 Å². The van der Waals surface area contributed by atoms with Gasteiger partial charge in [-0.15, -0.1) is 0 Å². The Kier molecular flexibility index (Phi) is 6.70. The van der Waals surface area contributed by atoms with Gasteiger partial charge in [-0.05, 0) is 56.9 Å². The fourth-order valence-electron chi connectivity index (χ4n) is 4.21. The first-order chi connectivity index (χ1) is 15.1. The van der Waals surface area contributed by atoms with Gasteiger partial charge in [0, 0.05) is 6.07 Å². The number of nitrogens with zero attached hydrogens (tertiary/aromatic N) is 1. The van der Waals surface area contributed by atoms with Gasteiger partial charge in [0.25, 0.3) is 5.69 Å². The van der Waals surface area contributed by atoms with Crippen molar-refractivity contribution in [3.8, 4) is 11.5 Å². The van der Waals surface area contributed by atoms with Crippen LogP contribution in [0.3, 0.4) is 0 Å². The van der Waals surface area contributed by atoms with Crippen LogP contribution in [0.1, 0.15) is 67.3 Å². The lowest BCUT2D eigenvalue weighted by Crippen LogP contribution is -2.17. The van der Waals surface area contributed by atoms with E-state index >= 15 is 0 Å². The van der Waals surface area contributed by atoms with Gasteiger partial charge in [-0.1, -0.05) is 30.3 Å². The summed E-state index contributed by atoms with van der Waals surface area (Å²) < 4.78 is 17.6. The highest BCUT2D eigenvalue weighted by Crippen LogP contribution is 2.38. The highest BCUT2D eigenvalue weighted by Gasteiger charge is 2.30. The fraction of sp³-hybridized carbons (Fsp3) is 0.458. The predicted octanol–water partition coefficient (Wildman–Crippen LogP) is 5.59. The van der Waals surface area contributed by atoms with E-state index in [1.54, 1.807) is 0 Å². The molecule has 7 heteroatoms. The van der Waals surface area contributed by atoms with Crippen LogP contribution in [0.15, 0.2) is 42.5 Å². The minimum absolute atomic E-state index is 0.00466. The molecule has 2 aromatic carbocycles. The van der Waals surface area contributed by atoms with Crippen molar-refractivity contribution in [2.24, 2.45) is 0 Å². The van der Waals surface area contributed by atoms with Crippen LogP contribution < -0.4 is 9.47 Å². The van der Waals surface area contributed by atoms with E-state index in [4.69, 9.17) is 14.2 Å². The quantitative estimate of drug-likeness (QED) is 0.311. The standard InChI is InChI=1S/C24H27NO6/c26-24(31-19-12-6-7-13-19)20-14-22(29-16-17-8-2-1-3-9-17)23(15-21(20)25(27)28)30-18-10-4-5-11-18/h1-3,8-9,14-15,18-19H,4-7,10-13,16H2. The number of carbonyl (C=O) groups excluding carboxylic acids is 1. The molecule has 0 bridgehead atoms. The number of esters is 1. The molecule has 0 radical (unpaired) electrons. The first-order valence-corrected chi connectivity index (χ1v) is 11.0. The second-order valence-electron chi connectivity index (χ2n) is 8.18. The van der Waals surface area contributed by atoms with E-state index < -0.39 is 10.9 Å². The molecule has 0 N–H and O–H groups in total. The molecule has 164 valence electrons. The molecule has 0 spiro atoms. The number of hydrogen-bond donors (Lipinski definition) is 0. The third kappa shape index (κ3) is 5.34. The van der Waals surface area contributed by atoms with E-state index in [2.05, 4.69) is 0 Å². The average Bonchev–Trinajstić information content (AvgIpc) is 3.47. The van der Waals surface area contributed by atoms with Crippen molar-refractivity contribution in [2.45, 2.75) is 70.2 Å². The van der Waals surface area contributed by atoms with E-state index in [1.807, 2.05) is 30.3 Å². The van der Waals surface area contributed by atoms with Crippen molar-refractivity contribution in [1.82, 2.24) is 0 Å². The van der Waals surface area contributed by atoms with Crippen LogP contribution in [-0.4, -0.2) is 23.1 Å². The molecule has 0 amide bonds. The molecule has 0 saturated heterocycles. The topological polar surface area (TPSA) is 87.9 Å². The number of rotatable bonds is 8. The van der Waals surface area contributed by atoms with E-state index in [9.17, 15) is 14.9 Å². The monoisotopic (exact) mass is 425 g/mol. The van der Waals surface area contributed by atoms with Crippen LogP contribution in [0.2, 0.25) is 0 Å². The van der Waals surface area contributed by atoms with Crippen molar-refractivity contribution in [1.29, 1.82) is 0 Å². The third-order valence-corrected chi connectivity index (χ3v) is 5.89. The average molecular weight is 425 g/mol. The number of ether oxygens (including phenoxy) is 3.